The number of hydrogen-bond donors (Lipinski definition) is 1. The van der Waals surface area contributed by atoms with Gasteiger partial charge in [0.2, 0.25) is 10.0 Å². The van der Waals surface area contributed by atoms with Crippen LogP contribution in [0.15, 0.2) is 29.2 Å². The van der Waals surface area contributed by atoms with Crippen LogP contribution in [0.2, 0.25) is 0 Å². The van der Waals surface area contributed by atoms with Crippen molar-refractivity contribution in [2.75, 3.05) is 13.2 Å². The molecule has 1 heterocycles. The Morgan fingerprint density at radius 2 is 2.05 bits per heavy atom. The summed E-state index contributed by atoms with van der Waals surface area (Å²) >= 11 is 0. The number of rotatable bonds is 2. The summed E-state index contributed by atoms with van der Waals surface area (Å²) in [6.07, 6.45) is 1.73. The second-order valence-corrected chi connectivity index (χ2v) is 7.28. The van der Waals surface area contributed by atoms with E-state index in [9.17, 15) is 8.42 Å². The molecule has 5 heteroatoms. The SMILES string of the molecule is CC1(C)CCCN1S(=O)(=O)c1ccccc1C#CCO. The predicted molar refractivity (Wildman–Crippen MR) is 77.6 cm³/mol. The van der Waals surface area contributed by atoms with Crippen LogP contribution in [0.5, 0.6) is 0 Å². The number of hydrogen-bond acceptors (Lipinski definition) is 3. The lowest BCUT2D eigenvalue weighted by Gasteiger charge is -2.30. The second-order valence-electron chi connectivity index (χ2n) is 5.45. The highest BCUT2D eigenvalue weighted by Crippen LogP contribution is 2.34. The van der Waals surface area contributed by atoms with Gasteiger partial charge in [0.25, 0.3) is 0 Å². The smallest absolute Gasteiger partial charge is 0.244 e. The molecule has 1 aliphatic rings. The van der Waals surface area contributed by atoms with Crippen LogP contribution in [-0.2, 0) is 10.0 Å². The van der Waals surface area contributed by atoms with Gasteiger partial charge in [-0.1, -0.05) is 24.0 Å². The lowest BCUT2D eigenvalue weighted by Crippen LogP contribution is -2.42. The second kappa shape index (κ2) is 5.57. The minimum absolute atomic E-state index is 0.218. The van der Waals surface area contributed by atoms with Crippen molar-refractivity contribution in [3.8, 4) is 11.8 Å². The zero-order valence-corrected chi connectivity index (χ0v) is 12.6. The molecule has 1 aromatic rings. The van der Waals surface area contributed by atoms with Crippen LogP contribution in [0.3, 0.4) is 0 Å². The van der Waals surface area contributed by atoms with Crippen molar-refractivity contribution in [2.24, 2.45) is 0 Å². The molecule has 1 N–H and O–H groups in total. The van der Waals surface area contributed by atoms with Crippen molar-refractivity contribution in [1.82, 2.24) is 4.31 Å². The van der Waals surface area contributed by atoms with Gasteiger partial charge in [0, 0.05) is 17.6 Å². The Bertz CT molecular complexity index is 653. The van der Waals surface area contributed by atoms with E-state index in [4.69, 9.17) is 5.11 Å². The van der Waals surface area contributed by atoms with Gasteiger partial charge in [-0.2, -0.15) is 4.31 Å². The summed E-state index contributed by atoms with van der Waals surface area (Å²) in [5.74, 6) is 5.22. The molecule has 0 bridgehead atoms. The van der Waals surface area contributed by atoms with E-state index < -0.39 is 10.0 Å². The van der Waals surface area contributed by atoms with Crippen LogP contribution in [-0.4, -0.2) is 36.5 Å². The largest absolute Gasteiger partial charge is 0.384 e. The minimum Gasteiger partial charge on any atom is -0.384 e. The summed E-state index contributed by atoms with van der Waals surface area (Å²) < 4.78 is 27.2. The predicted octanol–water partition coefficient (Wildman–Crippen LogP) is 1.59. The van der Waals surface area contributed by atoms with E-state index in [0.29, 0.717) is 12.1 Å². The standard InChI is InChI=1S/C15H19NO3S/c1-15(2)10-6-11-16(15)20(18,19)14-9-4-3-7-13(14)8-5-12-17/h3-4,7,9,17H,6,10-12H2,1-2H3. The molecule has 0 aliphatic carbocycles. The van der Waals surface area contributed by atoms with Gasteiger partial charge in [0.15, 0.2) is 0 Å². The average molecular weight is 293 g/mol. The Labute approximate surface area is 120 Å². The molecule has 1 saturated heterocycles. The Kier molecular flexibility index (Phi) is 4.19. The molecule has 2 rings (SSSR count). The Hall–Kier alpha value is -1.35. The highest BCUT2D eigenvalue weighted by molar-refractivity contribution is 7.89. The molecule has 0 atom stereocenters. The first kappa shape index (κ1) is 15.0. The monoisotopic (exact) mass is 293 g/mol. The summed E-state index contributed by atoms with van der Waals surface area (Å²) in [7, 11) is -3.56. The molecule has 0 spiro atoms. The number of benzene rings is 1. The molecule has 1 aromatic carbocycles. The third-order valence-corrected chi connectivity index (χ3v) is 5.75. The van der Waals surface area contributed by atoms with Gasteiger partial charge in [-0.05, 0) is 38.8 Å². The van der Waals surface area contributed by atoms with E-state index in [1.54, 1.807) is 28.6 Å². The third kappa shape index (κ3) is 2.73. The first-order valence-electron chi connectivity index (χ1n) is 6.61. The van der Waals surface area contributed by atoms with Gasteiger partial charge in [-0.25, -0.2) is 8.42 Å². The van der Waals surface area contributed by atoms with Crippen molar-refractivity contribution in [3.05, 3.63) is 29.8 Å². The lowest BCUT2D eigenvalue weighted by atomic mass is 10.0. The van der Waals surface area contributed by atoms with Gasteiger partial charge in [-0.3, -0.25) is 0 Å². The van der Waals surface area contributed by atoms with Crippen molar-refractivity contribution in [2.45, 2.75) is 37.1 Å². The molecule has 4 nitrogen and oxygen atoms in total. The van der Waals surface area contributed by atoms with Crippen LogP contribution >= 0.6 is 0 Å². The van der Waals surface area contributed by atoms with Crippen LogP contribution in [0.25, 0.3) is 0 Å². The van der Waals surface area contributed by atoms with E-state index in [1.807, 2.05) is 13.8 Å². The number of nitrogens with zero attached hydrogens (tertiary/aromatic N) is 1. The number of sulfonamides is 1. The molecule has 0 amide bonds. The fourth-order valence-corrected chi connectivity index (χ4v) is 4.57. The van der Waals surface area contributed by atoms with Gasteiger partial charge in [-0.15, -0.1) is 0 Å². The number of aliphatic hydroxyl groups excluding tert-OH is 1. The van der Waals surface area contributed by atoms with E-state index in [0.717, 1.165) is 12.8 Å². The molecule has 1 fully saturated rings. The van der Waals surface area contributed by atoms with E-state index in [2.05, 4.69) is 11.8 Å². The molecule has 0 unspecified atom stereocenters. The quantitative estimate of drug-likeness (QED) is 0.843. The Morgan fingerprint density at radius 3 is 2.65 bits per heavy atom. The van der Waals surface area contributed by atoms with E-state index in [1.165, 1.54) is 0 Å². The molecule has 108 valence electrons. The maximum absolute atomic E-state index is 12.8. The van der Waals surface area contributed by atoms with Gasteiger partial charge in [0.1, 0.15) is 6.61 Å². The first-order chi connectivity index (χ1) is 9.39. The summed E-state index contributed by atoms with van der Waals surface area (Å²) in [6, 6.07) is 6.68. The van der Waals surface area contributed by atoms with Crippen LogP contribution in [0.1, 0.15) is 32.3 Å². The van der Waals surface area contributed by atoms with Crippen molar-refractivity contribution in [1.29, 1.82) is 0 Å². The fraction of sp³-hybridized carbons (Fsp3) is 0.467. The van der Waals surface area contributed by atoms with Crippen molar-refractivity contribution in [3.63, 3.8) is 0 Å². The van der Waals surface area contributed by atoms with Crippen LogP contribution < -0.4 is 0 Å². The van der Waals surface area contributed by atoms with Crippen LogP contribution in [0, 0.1) is 11.8 Å². The summed E-state index contributed by atoms with van der Waals surface area (Å²) in [4.78, 5) is 0.218. The Balaban J connectivity index is 2.50. The molecule has 1 aliphatic heterocycles. The first-order valence-corrected chi connectivity index (χ1v) is 8.05. The van der Waals surface area contributed by atoms with Crippen LogP contribution in [0.4, 0.5) is 0 Å². The van der Waals surface area contributed by atoms with E-state index >= 15 is 0 Å². The fourth-order valence-electron chi connectivity index (χ4n) is 2.58. The highest BCUT2D eigenvalue weighted by Gasteiger charge is 2.41. The lowest BCUT2D eigenvalue weighted by molar-refractivity contribution is 0.291. The molecule has 0 radical (unpaired) electrons. The molecule has 20 heavy (non-hydrogen) atoms. The molecular weight excluding hydrogens is 274 g/mol. The summed E-state index contributed by atoms with van der Waals surface area (Å²) in [6.45, 7) is 4.14. The van der Waals surface area contributed by atoms with Crippen molar-refractivity contribution >= 4 is 10.0 Å². The minimum atomic E-state index is -3.56. The van der Waals surface area contributed by atoms with E-state index in [-0.39, 0.29) is 17.0 Å². The zero-order valence-electron chi connectivity index (χ0n) is 11.8. The topological polar surface area (TPSA) is 57.6 Å². The third-order valence-electron chi connectivity index (χ3n) is 3.58. The molecule has 0 saturated carbocycles. The maximum atomic E-state index is 12.8. The highest BCUT2D eigenvalue weighted by atomic mass is 32.2. The molecule has 0 aromatic heterocycles. The summed E-state index contributed by atoms with van der Waals surface area (Å²) in [5, 5.41) is 8.78. The Morgan fingerprint density at radius 1 is 1.35 bits per heavy atom. The van der Waals surface area contributed by atoms with Gasteiger partial charge >= 0.3 is 0 Å². The van der Waals surface area contributed by atoms with Gasteiger partial charge in [0.05, 0.1) is 4.90 Å². The molecular formula is C15H19NO3S. The van der Waals surface area contributed by atoms with Gasteiger partial charge < -0.3 is 5.11 Å². The zero-order chi connectivity index (χ0) is 14.8. The number of aliphatic hydroxyl groups is 1. The maximum Gasteiger partial charge on any atom is 0.244 e. The average Bonchev–Trinajstić information content (AvgIpc) is 2.77. The normalized spacial score (nSPS) is 18.6. The van der Waals surface area contributed by atoms with Crippen molar-refractivity contribution < 1.29 is 13.5 Å². The summed E-state index contributed by atoms with van der Waals surface area (Å²) in [5.41, 5.74) is 0.0698.